The fourth-order valence-corrected chi connectivity index (χ4v) is 3.92. The molecule has 5 nitrogen and oxygen atoms in total. The van der Waals surface area contributed by atoms with E-state index in [1.807, 2.05) is 36.0 Å². The van der Waals surface area contributed by atoms with E-state index in [2.05, 4.69) is 17.2 Å². The van der Waals surface area contributed by atoms with Crippen LogP contribution in [0, 0.1) is 5.92 Å². The van der Waals surface area contributed by atoms with Gasteiger partial charge in [0.05, 0.1) is 6.20 Å². The molecule has 5 heteroatoms. The van der Waals surface area contributed by atoms with Gasteiger partial charge in [0.25, 0.3) is 0 Å². The molecular formula is C17H19N3O2. The Bertz CT molecular complexity index is 710. The standard InChI is InChI=1S/C17H19N3O2/c1-2-20-9-13-15(19-20)12-8-11(17(18)21)14(16(12)22-13)10-6-4-3-5-7-10/h3-7,9,11-12,14,16H,2,8H2,1H3,(H2,18,21). The average Bonchev–Trinajstić information content (AvgIpc) is 3.16. The van der Waals surface area contributed by atoms with Crippen LogP contribution in [0.4, 0.5) is 0 Å². The quantitative estimate of drug-likeness (QED) is 0.942. The zero-order valence-corrected chi connectivity index (χ0v) is 12.5. The van der Waals surface area contributed by atoms with Crippen molar-refractivity contribution < 1.29 is 9.53 Å². The third-order valence-corrected chi connectivity index (χ3v) is 4.93. The third kappa shape index (κ3) is 1.85. The normalized spacial score (nSPS) is 29.0. The Morgan fingerprint density at radius 3 is 2.86 bits per heavy atom. The van der Waals surface area contributed by atoms with E-state index in [1.54, 1.807) is 0 Å². The highest BCUT2D eigenvalue weighted by Gasteiger charge is 2.53. The van der Waals surface area contributed by atoms with E-state index in [1.165, 1.54) is 0 Å². The Balaban J connectivity index is 1.73. The highest BCUT2D eigenvalue weighted by Crippen LogP contribution is 2.54. The number of aryl methyl sites for hydroxylation is 1. The first-order valence-corrected chi connectivity index (χ1v) is 7.77. The number of fused-ring (bicyclic) bond motifs is 3. The van der Waals surface area contributed by atoms with Gasteiger partial charge in [-0.15, -0.1) is 0 Å². The topological polar surface area (TPSA) is 70.1 Å². The van der Waals surface area contributed by atoms with Gasteiger partial charge in [0.2, 0.25) is 5.91 Å². The number of carbonyl (C=O) groups excluding carboxylic acids is 1. The number of hydrogen-bond donors (Lipinski definition) is 1. The van der Waals surface area contributed by atoms with Gasteiger partial charge in [-0.05, 0) is 18.9 Å². The molecule has 1 aliphatic heterocycles. The maximum absolute atomic E-state index is 11.9. The molecule has 0 spiro atoms. The monoisotopic (exact) mass is 297 g/mol. The molecule has 22 heavy (non-hydrogen) atoms. The first-order valence-electron chi connectivity index (χ1n) is 7.77. The number of rotatable bonds is 3. The molecular weight excluding hydrogens is 278 g/mol. The average molecular weight is 297 g/mol. The predicted octanol–water partition coefficient (Wildman–Crippen LogP) is 2.04. The van der Waals surface area contributed by atoms with Crippen LogP contribution < -0.4 is 10.5 Å². The van der Waals surface area contributed by atoms with Crippen LogP contribution in [0.5, 0.6) is 5.75 Å². The number of amides is 1. The molecule has 2 aromatic rings. The van der Waals surface area contributed by atoms with Gasteiger partial charge in [-0.2, -0.15) is 5.10 Å². The summed E-state index contributed by atoms with van der Waals surface area (Å²) in [6, 6.07) is 10.1. The Kier molecular flexibility index (Phi) is 2.96. The zero-order valence-electron chi connectivity index (χ0n) is 12.5. The van der Waals surface area contributed by atoms with Crippen molar-refractivity contribution >= 4 is 5.91 Å². The van der Waals surface area contributed by atoms with E-state index in [0.717, 1.165) is 23.6 Å². The molecule has 2 N–H and O–H groups in total. The van der Waals surface area contributed by atoms with Crippen molar-refractivity contribution in [1.29, 1.82) is 0 Å². The van der Waals surface area contributed by atoms with Gasteiger partial charge in [0, 0.05) is 24.3 Å². The first-order chi connectivity index (χ1) is 10.7. The smallest absolute Gasteiger partial charge is 0.221 e. The van der Waals surface area contributed by atoms with Crippen molar-refractivity contribution in [3.05, 3.63) is 47.8 Å². The summed E-state index contributed by atoms with van der Waals surface area (Å²) in [7, 11) is 0. The summed E-state index contributed by atoms with van der Waals surface area (Å²) < 4.78 is 8.05. The molecule has 4 rings (SSSR count). The Labute approximate surface area is 129 Å². The molecule has 114 valence electrons. The zero-order chi connectivity index (χ0) is 15.3. The van der Waals surface area contributed by atoms with Crippen LogP contribution in [0.15, 0.2) is 36.5 Å². The number of primary amides is 1. The molecule has 0 radical (unpaired) electrons. The van der Waals surface area contributed by atoms with E-state index in [4.69, 9.17) is 10.5 Å². The molecule has 2 aliphatic rings. The summed E-state index contributed by atoms with van der Waals surface area (Å²) in [5.74, 6) is 0.583. The number of hydrogen-bond acceptors (Lipinski definition) is 3. The predicted molar refractivity (Wildman–Crippen MR) is 81.5 cm³/mol. The lowest BCUT2D eigenvalue weighted by atomic mass is 9.87. The van der Waals surface area contributed by atoms with Crippen molar-refractivity contribution in [3.63, 3.8) is 0 Å². The van der Waals surface area contributed by atoms with Gasteiger partial charge in [-0.3, -0.25) is 9.48 Å². The van der Waals surface area contributed by atoms with E-state index >= 15 is 0 Å². The fourth-order valence-electron chi connectivity index (χ4n) is 3.92. The minimum Gasteiger partial charge on any atom is -0.485 e. The minimum absolute atomic E-state index is 0.00739. The van der Waals surface area contributed by atoms with Crippen LogP contribution >= 0.6 is 0 Å². The highest BCUT2D eigenvalue weighted by atomic mass is 16.5. The number of ether oxygens (including phenoxy) is 1. The molecule has 0 bridgehead atoms. The Morgan fingerprint density at radius 2 is 2.18 bits per heavy atom. The van der Waals surface area contributed by atoms with Gasteiger partial charge in [0.15, 0.2) is 5.75 Å². The molecule has 1 amide bonds. The van der Waals surface area contributed by atoms with Crippen molar-refractivity contribution in [3.8, 4) is 5.75 Å². The molecule has 1 fully saturated rings. The minimum atomic E-state index is -0.247. The summed E-state index contributed by atoms with van der Waals surface area (Å²) in [5.41, 5.74) is 7.76. The largest absolute Gasteiger partial charge is 0.485 e. The molecule has 1 saturated carbocycles. The maximum Gasteiger partial charge on any atom is 0.221 e. The maximum atomic E-state index is 11.9. The molecule has 1 aromatic heterocycles. The SMILES string of the molecule is CCn1cc2c(n1)C1CC(C(N)=O)C(c3ccccc3)C1O2. The van der Waals surface area contributed by atoms with Crippen molar-refractivity contribution in [2.24, 2.45) is 11.7 Å². The highest BCUT2D eigenvalue weighted by molar-refractivity contribution is 5.79. The number of nitrogens with two attached hydrogens (primary N) is 1. The summed E-state index contributed by atoms with van der Waals surface area (Å²) in [6.07, 6.45) is 2.63. The summed E-state index contributed by atoms with van der Waals surface area (Å²) in [5, 5.41) is 4.61. The summed E-state index contributed by atoms with van der Waals surface area (Å²) in [4.78, 5) is 11.9. The van der Waals surface area contributed by atoms with Gasteiger partial charge in [0.1, 0.15) is 11.8 Å². The second kappa shape index (κ2) is 4.87. The van der Waals surface area contributed by atoms with E-state index in [9.17, 15) is 4.79 Å². The van der Waals surface area contributed by atoms with Crippen LogP contribution in [0.2, 0.25) is 0 Å². The van der Waals surface area contributed by atoms with Crippen LogP contribution in [0.25, 0.3) is 0 Å². The number of carbonyl (C=O) groups is 1. The van der Waals surface area contributed by atoms with Crippen molar-refractivity contribution in [2.45, 2.75) is 37.8 Å². The van der Waals surface area contributed by atoms with Gasteiger partial charge in [-0.1, -0.05) is 30.3 Å². The fraction of sp³-hybridized carbons (Fsp3) is 0.412. The van der Waals surface area contributed by atoms with Gasteiger partial charge < -0.3 is 10.5 Å². The first kappa shape index (κ1) is 13.4. The lowest BCUT2D eigenvalue weighted by Crippen LogP contribution is -2.30. The summed E-state index contributed by atoms with van der Waals surface area (Å²) in [6.45, 7) is 2.86. The second-order valence-electron chi connectivity index (χ2n) is 6.10. The molecule has 2 heterocycles. The van der Waals surface area contributed by atoms with Crippen LogP contribution in [-0.2, 0) is 11.3 Å². The van der Waals surface area contributed by atoms with E-state index in [0.29, 0.717) is 6.42 Å². The van der Waals surface area contributed by atoms with Gasteiger partial charge >= 0.3 is 0 Å². The molecule has 4 atom stereocenters. The Morgan fingerprint density at radius 1 is 1.41 bits per heavy atom. The molecule has 0 saturated heterocycles. The van der Waals surface area contributed by atoms with Crippen LogP contribution in [0.3, 0.4) is 0 Å². The van der Waals surface area contributed by atoms with Crippen LogP contribution in [-0.4, -0.2) is 21.8 Å². The number of benzene rings is 1. The Hall–Kier alpha value is -2.30. The third-order valence-electron chi connectivity index (χ3n) is 4.93. The molecule has 1 aromatic carbocycles. The number of aromatic nitrogens is 2. The van der Waals surface area contributed by atoms with E-state index in [-0.39, 0.29) is 29.8 Å². The number of nitrogens with zero attached hydrogens (tertiary/aromatic N) is 2. The summed E-state index contributed by atoms with van der Waals surface area (Å²) >= 11 is 0. The molecule has 4 unspecified atom stereocenters. The van der Waals surface area contributed by atoms with Crippen LogP contribution in [0.1, 0.15) is 36.4 Å². The van der Waals surface area contributed by atoms with Crippen molar-refractivity contribution in [2.75, 3.05) is 0 Å². The van der Waals surface area contributed by atoms with Gasteiger partial charge in [-0.25, -0.2) is 0 Å². The lowest BCUT2D eigenvalue weighted by molar-refractivity contribution is -0.122. The van der Waals surface area contributed by atoms with E-state index < -0.39 is 0 Å². The lowest BCUT2D eigenvalue weighted by Gasteiger charge is -2.23. The molecule has 1 aliphatic carbocycles. The van der Waals surface area contributed by atoms with Crippen molar-refractivity contribution in [1.82, 2.24) is 9.78 Å². The second-order valence-corrected chi connectivity index (χ2v) is 6.10.